The molecule has 1 saturated heterocycles. The summed E-state index contributed by atoms with van der Waals surface area (Å²) in [4.78, 5) is 14.8. The van der Waals surface area contributed by atoms with E-state index in [1.807, 2.05) is 42.5 Å². The molecule has 0 unspecified atom stereocenters. The molecule has 3 aromatic rings. The Balaban J connectivity index is 1.82. The molecule has 4 nitrogen and oxygen atoms in total. The van der Waals surface area contributed by atoms with E-state index in [-0.39, 0.29) is 0 Å². The van der Waals surface area contributed by atoms with Crippen LogP contribution in [-0.4, -0.2) is 39.8 Å². The van der Waals surface area contributed by atoms with Crippen molar-refractivity contribution in [3.8, 4) is 11.1 Å². The van der Waals surface area contributed by atoms with Crippen LogP contribution in [0.3, 0.4) is 0 Å². The number of carbonyl (C=O) groups is 1. The van der Waals surface area contributed by atoms with Crippen molar-refractivity contribution in [3.63, 3.8) is 0 Å². The number of benzene rings is 3. The van der Waals surface area contributed by atoms with Gasteiger partial charge in [0.1, 0.15) is 6.04 Å². The number of aliphatic hydroxyl groups is 1. The molecule has 2 aliphatic rings. The number of hydrogen-bond acceptors (Lipinski definition) is 3. The third kappa shape index (κ3) is 2.54. The minimum Gasteiger partial charge on any atom is -0.480 e. The maximum absolute atomic E-state index is 12.8. The van der Waals surface area contributed by atoms with Gasteiger partial charge in [0.15, 0.2) is 0 Å². The largest absolute Gasteiger partial charge is 0.480 e. The lowest BCUT2D eigenvalue weighted by atomic mass is 9.61. The zero-order valence-corrected chi connectivity index (χ0v) is 18.1. The molecule has 0 aromatic heterocycles. The second-order valence-corrected chi connectivity index (χ2v) is 8.94. The Morgan fingerprint density at radius 2 is 1.56 bits per heavy atom. The first-order valence-corrected chi connectivity index (χ1v) is 11.0. The fourth-order valence-electron chi connectivity index (χ4n) is 6.04. The van der Waals surface area contributed by atoms with Gasteiger partial charge in [0.2, 0.25) is 0 Å². The topological polar surface area (TPSA) is 60.8 Å². The Bertz CT molecular complexity index is 1140. The van der Waals surface area contributed by atoms with E-state index >= 15 is 0 Å². The molecule has 1 fully saturated rings. The highest BCUT2D eigenvalue weighted by Gasteiger charge is 2.66. The van der Waals surface area contributed by atoms with Gasteiger partial charge in [0, 0.05) is 12.0 Å². The van der Waals surface area contributed by atoms with Crippen molar-refractivity contribution in [2.24, 2.45) is 5.41 Å². The van der Waals surface area contributed by atoms with Crippen LogP contribution in [-0.2, 0) is 10.3 Å². The van der Waals surface area contributed by atoms with Gasteiger partial charge in [-0.2, -0.15) is 0 Å². The van der Waals surface area contributed by atoms with Crippen LogP contribution in [0.25, 0.3) is 11.1 Å². The lowest BCUT2D eigenvalue weighted by molar-refractivity contribution is -0.194. The summed E-state index contributed by atoms with van der Waals surface area (Å²) in [5, 5.41) is 21.2. The van der Waals surface area contributed by atoms with Gasteiger partial charge in [-0.3, -0.25) is 9.69 Å². The van der Waals surface area contributed by atoms with Gasteiger partial charge >= 0.3 is 5.97 Å². The molecule has 1 heterocycles. The Labute approximate surface area is 188 Å². The Morgan fingerprint density at radius 1 is 1.03 bits per heavy atom. The molecule has 0 bridgehead atoms. The number of aliphatic carboxylic acids is 1. The number of rotatable bonds is 6. The van der Waals surface area contributed by atoms with Gasteiger partial charge in [0.05, 0.1) is 11.6 Å². The summed E-state index contributed by atoms with van der Waals surface area (Å²) in [5.74, 6) is -0.920. The lowest BCUT2D eigenvalue weighted by Crippen LogP contribution is -2.76. The number of hydrogen-bond donors (Lipinski definition) is 2. The average molecular weight is 426 g/mol. The van der Waals surface area contributed by atoms with E-state index < -0.39 is 29.1 Å². The minimum absolute atomic E-state index is 0.437. The number of fused-ring (bicyclic) bond motifs is 3. The molecule has 4 heteroatoms. The zero-order chi connectivity index (χ0) is 22.5. The quantitative estimate of drug-likeness (QED) is 0.564. The normalized spacial score (nSPS) is 24.1. The number of allylic oxidation sites excluding steroid dienone is 1. The summed E-state index contributed by atoms with van der Waals surface area (Å²) in [7, 11) is 0. The SMILES string of the molecule is C=CC[C@]1([C@H](C)O)CN(C2(c3ccccc3)c3ccccc3-c3ccccc32)[C@@H]1C(=O)O. The first-order valence-electron chi connectivity index (χ1n) is 11.0. The third-order valence-electron chi connectivity index (χ3n) is 7.46. The van der Waals surface area contributed by atoms with Gasteiger partial charge < -0.3 is 10.2 Å². The maximum Gasteiger partial charge on any atom is 0.321 e. The van der Waals surface area contributed by atoms with E-state index in [2.05, 4.69) is 47.9 Å². The Hall–Kier alpha value is -3.21. The van der Waals surface area contributed by atoms with Crippen LogP contribution in [0.5, 0.6) is 0 Å². The standard InChI is InChI=1S/C28H27NO3/c1-3-17-27(19(2)30)18-29(25(27)26(31)32)28(20-11-5-4-6-12-20)23-15-9-7-13-21(23)22-14-8-10-16-24(22)28/h3-16,19,25,30H,1,17-18H2,2H3,(H,31,32)/t19-,25+,27+/m0/s1. The van der Waals surface area contributed by atoms with Gasteiger partial charge in [-0.25, -0.2) is 0 Å². The van der Waals surface area contributed by atoms with E-state index in [1.54, 1.807) is 13.0 Å². The van der Waals surface area contributed by atoms with Crippen molar-refractivity contribution in [2.45, 2.75) is 31.0 Å². The average Bonchev–Trinajstić information content (AvgIpc) is 3.07. The van der Waals surface area contributed by atoms with Crippen molar-refractivity contribution in [1.29, 1.82) is 0 Å². The number of likely N-dealkylation sites (tertiary alicyclic amines) is 1. The molecule has 2 N–H and O–H groups in total. The smallest absolute Gasteiger partial charge is 0.321 e. The highest BCUT2D eigenvalue weighted by atomic mass is 16.4. The molecule has 0 radical (unpaired) electrons. The summed E-state index contributed by atoms with van der Waals surface area (Å²) in [6.45, 7) is 6.00. The Morgan fingerprint density at radius 3 is 2.06 bits per heavy atom. The van der Waals surface area contributed by atoms with Crippen molar-refractivity contribution in [2.75, 3.05) is 6.54 Å². The van der Waals surface area contributed by atoms with Gasteiger partial charge in [-0.1, -0.05) is 84.9 Å². The van der Waals surface area contributed by atoms with Gasteiger partial charge in [-0.15, -0.1) is 6.58 Å². The molecule has 5 rings (SSSR count). The second kappa shape index (κ2) is 7.44. The summed E-state index contributed by atoms with van der Waals surface area (Å²) < 4.78 is 0. The molecule has 0 spiro atoms. The number of carboxylic acids is 1. The Kier molecular flexibility index (Phi) is 4.81. The molecular weight excluding hydrogens is 398 g/mol. The fraction of sp³-hybridized carbons (Fsp3) is 0.250. The number of nitrogens with zero attached hydrogens (tertiary/aromatic N) is 1. The molecule has 162 valence electrons. The predicted molar refractivity (Wildman–Crippen MR) is 125 cm³/mol. The van der Waals surface area contributed by atoms with Gasteiger partial charge in [0.25, 0.3) is 0 Å². The summed E-state index contributed by atoms with van der Waals surface area (Å²) in [5.41, 5.74) is 3.89. The maximum atomic E-state index is 12.8. The van der Waals surface area contributed by atoms with Crippen LogP contribution < -0.4 is 0 Å². The molecule has 0 amide bonds. The van der Waals surface area contributed by atoms with Crippen molar-refractivity contribution in [1.82, 2.24) is 4.90 Å². The van der Waals surface area contributed by atoms with E-state index in [0.717, 1.165) is 27.8 Å². The lowest BCUT2D eigenvalue weighted by Gasteiger charge is -2.63. The minimum atomic E-state index is -0.920. The zero-order valence-electron chi connectivity index (χ0n) is 18.1. The van der Waals surface area contributed by atoms with Crippen molar-refractivity contribution in [3.05, 3.63) is 108 Å². The van der Waals surface area contributed by atoms with Crippen molar-refractivity contribution < 1.29 is 15.0 Å². The van der Waals surface area contributed by atoms with Crippen LogP contribution >= 0.6 is 0 Å². The first-order chi connectivity index (χ1) is 15.5. The number of carboxylic acid groups (broad SMARTS) is 1. The van der Waals surface area contributed by atoms with Crippen molar-refractivity contribution >= 4 is 5.97 Å². The molecule has 1 aliphatic heterocycles. The monoisotopic (exact) mass is 425 g/mol. The first kappa shape index (κ1) is 20.7. The molecular formula is C28H27NO3. The highest BCUT2D eigenvalue weighted by molar-refractivity contribution is 5.85. The van der Waals surface area contributed by atoms with E-state index in [1.165, 1.54) is 0 Å². The summed E-state index contributed by atoms with van der Waals surface area (Å²) in [6, 6.07) is 25.8. The molecule has 1 aliphatic carbocycles. The highest BCUT2D eigenvalue weighted by Crippen LogP contribution is 2.60. The molecule has 0 saturated carbocycles. The van der Waals surface area contributed by atoms with E-state index in [4.69, 9.17) is 0 Å². The van der Waals surface area contributed by atoms with Gasteiger partial charge in [-0.05, 0) is 41.2 Å². The van der Waals surface area contributed by atoms with Crippen LogP contribution in [0, 0.1) is 5.41 Å². The second-order valence-electron chi connectivity index (χ2n) is 8.94. The van der Waals surface area contributed by atoms with Crippen LogP contribution in [0.2, 0.25) is 0 Å². The molecule has 3 atom stereocenters. The fourth-order valence-corrected chi connectivity index (χ4v) is 6.04. The number of aliphatic hydroxyl groups excluding tert-OH is 1. The third-order valence-corrected chi connectivity index (χ3v) is 7.46. The summed E-state index contributed by atoms with van der Waals surface area (Å²) in [6.07, 6.45) is 1.38. The van der Waals surface area contributed by atoms with E-state index in [0.29, 0.717) is 13.0 Å². The predicted octanol–water partition coefficient (Wildman–Crippen LogP) is 4.67. The molecule has 3 aromatic carbocycles. The van der Waals surface area contributed by atoms with Crippen LogP contribution in [0.1, 0.15) is 30.0 Å². The van der Waals surface area contributed by atoms with Crippen LogP contribution in [0.15, 0.2) is 91.5 Å². The van der Waals surface area contributed by atoms with E-state index in [9.17, 15) is 15.0 Å². The summed E-state index contributed by atoms with van der Waals surface area (Å²) >= 11 is 0. The molecule has 32 heavy (non-hydrogen) atoms. The van der Waals surface area contributed by atoms with Crippen LogP contribution in [0.4, 0.5) is 0 Å².